The van der Waals surface area contributed by atoms with Gasteiger partial charge in [0.05, 0.1) is 25.7 Å². The normalized spacial score (nSPS) is 10.3. The first-order valence-electron chi connectivity index (χ1n) is 4.44. The number of imidazole rings is 1. The third-order valence-corrected chi connectivity index (χ3v) is 2.28. The molecule has 0 bridgehead atoms. The topological polar surface area (TPSA) is 39.9 Å². The lowest BCUT2D eigenvalue weighted by atomic mass is 10.3. The third kappa shape index (κ3) is 2.27. The van der Waals surface area contributed by atoms with E-state index >= 15 is 0 Å². The van der Waals surface area contributed by atoms with Gasteiger partial charge in [-0.3, -0.25) is 4.98 Å². The number of rotatable bonds is 3. The summed E-state index contributed by atoms with van der Waals surface area (Å²) in [4.78, 5) is 8.16. The predicted molar refractivity (Wildman–Crippen MR) is 57.1 cm³/mol. The smallest absolute Gasteiger partial charge is 0.140 e. The molecule has 2 heterocycles. The first-order chi connectivity index (χ1) is 7.29. The van der Waals surface area contributed by atoms with Crippen molar-refractivity contribution in [2.24, 2.45) is 0 Å². The SMILES string of the molecule is COc1cc(Cn2ccnc2)ncc1Cl. The van der Waals surface area contributed by atoms with E-state index in [4.69, 9.17) is 16.3 Å². The van der Waals surface area contributed by atoms with Gasteiger partial charge in [-0.05, 0) is 0 Å². The highest BCUT2D eigenvalue weighted by molar-refractivity contribution is 6.31. The summed E-state index contributed by atoms with van der Waals surface area (Å²) in [7, 11) is 1.59. The highest BCUT2D eigenvalue weighted by Crippen LogP contribution is 2.23. The molecule has 0 fully saturated rings. The minimum Gasteiger partial charge on any atom is -0.495 e. The molecule has 0 aliphatic rings. The molecule has 0 amide bonds. The maximum absolute atomic E-state index is 5.87. The van der Waals surface area contributed by atoms with E-state index < -0.39 is 0 Å². The van der Waals surface area contributed by atoms with Crippen LogP contribution in [0.1, 0.15) is 5.69 Å². The Labute approximate surface area is 92.5 Å². The van der Waals surface area contributed by atoms with Gasteiger partial charge in [-0.1, -0.05) is 11.6 Å². The van der Waals surface area contributed by atoms with Crippen molar-refractivity contribution >= 4 is 11.6 Å². The van der Waals surface area contributed by atoms with Crippen LogP contribution in [-0.4, -0.2) is 21.6 Å². The fourth-order valence-corrected chi connectivity index (χ4v) is 1.45. The molecule has 2 aromatic heterocycles. The molecule has 4 nitrogen and oxygen atoms in total. The van der Waals surface area contributed by atoms with Gasteiger partial charge in [0.15, 0.2) is 0 Å². The van der Waals surface area contributed by atoms with Crippen LogP contribution in [0.5, 0.6) is 5.75 Å². The number of ether oxygens (including phenoxy) is 1. The van der Waals surface area contributed by atoms with Gasteiger partial charge in [-0.2, -0.15) is 0 Å². The van der Waals surface area contributed by atoms with E-state index in [1.165, 1.54) is 0 Å². The van der Waals surface area contributed by atoms with Crippen molar-refractivity contribution < 1.29 is 4.74 Å². The zero-order valence-electron chi connectivity index (χ0n) is 8.22. The Bertz CT molecular complexity index is 442. The molecule has 78 valence electrons. The Balaban J connectivity index is 2.22. The van der Waals surface area contributed by atoms with Crippen LogP contribution in [0.25, 0.3) is 0 Å². The lowest BCUT2D eigenvalue weighted by Gasteiger charge is -2.05. The molecule has 0 aliphatic heterocycles. The zero-order valence-corrected chi connectivity index (χ0v) is 8.98. The van der Waals surface area contributed by atoms with Gasteiger partial charge in [-0.25, -0.2) is 4.98 Å². The lowest BCUT2D eigenvalue weighted by molar-refractivity contribution is 0.413. The van der Waals surface area contributed by atoms with E-state index in [2.05, 4.69) is 9.97 Å². The fraction of sp³-hybridized carbons (Fsp3) is 0.200. The van der Waals surface area contributed by atoms with Crippen LogP contribution in [-0.2, 0) is 6.54 Å². The molecular formula is C10H10ClN3O. The second kappa shape index (κ2) is 4.31. The van der Waals surface area contributed by atoms with Crippen LogP contribution < -0.4 is 4.74 Å². The number of pyridine rings is 1. The first-order valence-corrected chi connectivity index (χ1v) is 4.81. The highest BCUT2D eigenvalue weighted by atomic mass is 35.5. The molecule has 0 aliphatic carbocycles. The van der Waals surface area contributed by atoms with Crippen LogP contribution in [0, 0.1) is 0 Å². The van der Waals surface area contributed by atoms with Gasteiger partial charge in [0.1, 0.15) is 10.8 Å². The number of aromatic nitrogens is 3. The fourth-order valence-electron chi connectivity index (χ4n) is 1.27. The molecule has 0 atom stereocenters. The van der Waals surface area contributed by atoms with Crippen molar-refractivity contribution in [2.45, 2.75) is 6.54 Å². The Kier molecular flexibility index (Phi) is 2.87. The standard InChI is InChI=1S/C10H10ClN3O/c1-15-10-4-8(13-5-9(10)11)6-14-3-2-12-7-14/h2-5,7H,6H2,1H3. The summed E-state index contributed by atoms with van der Waals surface area (Å²) in [5.74, 6) is 0.641. The Morgan fingerprint density at radius 1 is 1.53 bits per heavy atom. The summed E-state index contributed by atoms with van der Waals surface area (Å²) in [6.07, 6.45) is 6.94. The zero-order chi connectivity index (χ0) is 10.7. The van der Waals surface area contributed by atoms with Crippen molar-refractivity contribution in [3.63, 3.8) is 0 Å². The summed E-state index contributed by atoms with van der Waals surface area (Å²) in [6, 6.07) is 1.82. The van der Waals surface area contributed by atoms with Gasteiger partial charge in [0.2, 0.25) is 0 Å². The number of hydrogen-bond donors (Lipinski definition) is 0. The monoisotopic (exact) mass is 223 g/mol. The first kappa shape index (κ1) is 9.98. The van der Waals surface area contributed by atoms with Crippen molar-refractivity contribution in [1.82, 2.24) is 14.5 Å². The molecule has 0 N–H and O–H groups in total. The third-order valence-electron chi connectivity index (χ3n) is 2.00. The minimum absolute atomic E-state index is 0.520. The molecule has 2 aromatic rings. The molecule has 0 radical (unpaired) electrons. The van der Waals surface area contributed by atoms with Crippen LogP contribution in [0.4, 0.5) is 0 Å². The minimum atomic E-state index is 0.520. The average Bonchev–Trinajstić information content (AvgIpc) is 2.73. The van der Waals surface area contributed by atoms with Gasteiger partial charge in [0, 0.05) is 24.7 Å². The average molecular weight is 224 g/mol. The molecule has 2 rings (SSSR count). The molecule has 5 heteroatoms. The van der Waals surface area contributed by atoms with Gasteiger partial charge < -0.3 is 9.30 Å². The summed E-state index contributed by atoms with van der Waals surface area (Å²) in [5, 5.41) is 0.520. The number of halogens is 1. The molecule has 0 saturated heterocycles. The van der Waals surface area contributed by atoms with E-state index in [1.807, 2.05) is 16.8 Å². The summed E-state index contributed by atoms with van der Waals surface area (Å²) >= 11 is 5.87. The molecule has 15 heavy (non-hydrogen) atoms. The molecule has 0 spiro atoms. The van der Waals surface area contributed by atoms with Crippen molar-refractivity contribution in [1.29, 1.82) is 0 Å². The van der Waals surface area contributed by atoms with Gasteiger partial charge >= 0.3 is 0 Å². The van der Waals surface area contributed by atoms with Crippen molar-refractivity contribution in [2.75, 3.05) is 7.11 Å². The predicted octanol–water partition coefficient (Wildman–Crippen LogP) is 1.99. The quantitative estimate of drug-likeness (QED) is 0.799. The number of hydrogen-bond acceptors (Lipinski definition) is 3. The van der Waals surface area contributed by atoms with E-state index in [9.17, 15) is 0 Å². The summed E-state index contributed by atoms with van der Waals surface area (Å²) in [5.41, 5.74) is 0.884. The Morgan fingerprint density at radius 3 is 3.07 bits per heavy atom. The molecular weight excluding hydrogens is 214 g/mol. The largest absolute Gasteiger partial charge is 0.495 e. The Morgan fingerprint density at radius 2 is 2.40 bits per heavy atom. The molecule has 0 unspecified atom stereocenters. The van der Waals surface area contributed by atoms with Crippen LogP contribution >= 0.6 is 11.6 Å². The molecule has 0 saturated carbocycles. The van der Waals surface area contributed by atoms with Crippen LogP contribution in [0.15, 0.2) is 31.0 Å². The van der Waals surface area contributed by atoms with Gasteiger partial charge in [-0.15, -0.1) is 0 Å². The van der Waals surface area contributed by atoms with E-state index in [0.717, 1.165) is 5.69 Å². The summed E-state index contributed by atoms with van der Waals surface area (Å²) in [6.45, 7) is 0.660. The Hall–Kier alpha value is -1.55. The van der Waals surface area contributed by atoms with Crippen molar-refractivity contribution in [3.05, 3.63) is 41.7 Å². The number of methoxy groups -OCH3 is 1. The van der Waals surface area contributed by atoms with Crippen LogP contribution in [0.2, 0.25) is 5.02 Å². The lowest BCUT2D eigenvalue weighted by Crippen LogP contribution is -1.99. The van der Waals surface area contributed by atoms with Gasteiger partial charge in [0.25, 0.3) is 0 Å². The maximum atomic E-state index is 5.87. The van der Waals surface area contributed by atoms with E-state index in [1.54, 1.807) is 25.8 Å². The van der Waals surface area contributed by atoms with E-state index in [-0.39, 0.29) is 0 Å². The van der Waals surface area contributed by atoms with Crippen LogP contribution in [0.3, 0.4) is 0 Å². The second-order valence-electron chi connectivity index (χ2n) is 3.05. The second-order valence-corrected chi connectivity index (χ2v) is 3.45. The maximum Gasteiger partial charge on any atom is 0.140 e. The highest BCUT2D eigenvalue weighted by Gasteiger charge is 2.03. The number of nitrogens with zero attached hydrogens (tertiary/aromatic N) is 3. The molecule has 0 aromatic carbocycles. The summed E-state index contributed by atoms with van der Waals surface area (Å²) < 4.78 is 7.03. The van der Waals surface area contributed by atoms with E-state index in [0.29, 0.717) is 17.3 Å². The van der Waals surface area contributed by atoms with Crippen molar-refractivity contribution in [3.8, 4) is 5.75 Å².